The number of aliphatic carboxylic acids is 1. The Morgan fingerprint density at radius 3 is 2.61 bits per heavy atom. The summed E-state index contributed by atoms with van der Waals surface area (Å²) in [5.41, 5.74) is 5.26. The summed E-state index contributed by atoms with van der Waals surface area (Å²) in [6.45, 7) is 6.61. The molecule has 9 N–H and O–H groups in total. The van der Waals surface area contributed by atoms with Crippen molar-refractivity contribution in [1.82, 2.24) is 31.9 Å². The van der Waals surface area contributed by atoms with Crippen LogP contribution in [0.5, 0.6) is 0 Å². The van der Waals surface area contributed by atoms with Gasteiger partial charge >= 0.3 is 11.9 Å². The lowest BCUT2D eigenvalue weighted by atomic mass is 10.1. The number of hydrogen-bond acceptors (Lipinski definition) is 13. The fraction of sp³-hybridized carbons (Fsp3) is 0.778. The number of amides is 1. The number of nitrogens with two attached hydrogens (primary N) is 1. The van der Waals surface area contributed by atoms with Crippen molar-refractivity contribution in [3.63, 3.8) is 0 Å². The highest BCUT2D eigenvalue weighted by Crippen LogP contribution is 2.14. The molecule has 0 bridgehead atoms. The summed E-state index contributed by atoms with van der Waals surface area (Å²) in [6.07, 6.45) is -0.426. The van der Waals surface area contributed by atoms with Crippen molar-refractivity contribution in [3.05, 3.63) is 0 Å². The molecule has 0 aromatic heterocycles. The van der Waals surface area contributed by atoms with E-state index in [0.717, 1.165) is 6.54 Å². The summed E-state index contributed by atoms with van der Waals surface area (Å²) in [5.74, 6) is -1.85. The number of thioether (sulfide) groups is 1. The fourth-order valence-electron chi connectivity index (χ4n) is 2.96. The Morgan fingerprint density at radius 2 is 2.00 bits per heavy atom. The van der Waals surface area contributed by atoms with Crippen LogP contribution < -0.4 is 37.6 Å². The smallest absolute Gasteiger partial charge is 0.376 e. The van der Waals surface area contributed by atoms with Crippen molar-refractivity contribution in [2.45, 2.75) is 69.8 Å². The molecule has 5 atom stereocenters. The summed E-state index contributed by atoms with van der Waals surface area (Å²) in [7, 11) is 0. The molecule has 1 saturated heterocycles. The van der Waals surface area contributed by atoms with Crippen LogP contribution in [0.25, 0.3) is 0 Å². The quantitative estimate of drug-likeness (QED) is 0.126. The molecule has 0 aromatic rings. The first-order valence-corrected chi connectivity index (χ1v) is 11.8. The van der Waals surface area contributed by atoms with E-state index in [0.29, 0.717) is 5.75 Å². The largest absolute Gasteiger partial charge is 0.480 e. The minimum Gasteiger partial charge on any atom is -0.480 e. The van der Waals surface area contributed by atoms with Crippen molar-refractivity contribution in [2.24, 2.45) is 10.7 Å². The van der Waals surface area contributed by atoms with Crippen molar-refractivity contribution in [2.75, 3.05) is 18.8 Å². The molecule has 2 rings (SSSR count). The number of nitrogens with one attached hydrogen (secondary N) is 6. The van der Waals surface area contributed by atoms with E-state index >= 15 is 0 Å². The number of hydrogen-bond donors (Lipinski definition) is 8. The summed E-state index contributed by atoms with van der Waals surface area (Å²) < 4.78 is 0. The Balaban J connectivity index is 2.00. The zero-order valence-corrected chi connectivity index (χ0v) is 19.7. The molecule has 15 heteroatoms. The van der Waals surface area contributed by atoms with Gasteiger partial charge in [0.25, 0.3) is 5.90 Å². The maximum absolute atomic E-state index is 12.4. The van der Waals surface area contributed by atoms with Gasteiger partial charge in [0.05, 0.1) is 0 Å². The topological polar surface area (TPSA) is 200 Å². The van der Waals surface area contributed by atoms with Gasteiger partial charge in [0, 0.05) is 18.2 Å². The van der Waals surface area contributed by atoms with E-state index in [9.17, 15) is 14.4 Å². The molecule has 2 aliphatic heterocycles. The lowest BCUT2D eigenvalue weighted by molar-refractivity contribution is -0.226. The van der Waals surface area contributed by atoms with Gasteiger partial charge in [-0.3, -0.25) is 41.1 Å². The lowest BCUT2D eigenvalue weighted by Crippen LogP contribution is -2.74. The minimum atomic E-state index is -1.18. The third-order valence-electron chi connectivity index (χ3n) is 4.52. The van der Waals surface area contributed by atoms with Gasteiger partial charge in [-0.25, -0.2) is 14.7 Å². The monoisotopic (exact) mass is 490 g/mol. The van der Waals surface area contributed by atoms with Gasteiger partial charge in [0.2, 0.25) is 5.91 Å². The van der Waals surface area contributed by atoms with Crippen LogP contribution >= 0.6 is 11.8 Å². The van der Waals surface area contributed by atoms with E-state index in [2.05, 4.69) is 41.8 Å². The van der Waals surface area contributed by atoms with Crippen LogP contribution in [0, 0.1) is 0 Å². The van der Waals surface area contributed by atoms with Crippen LogP contribution in [0.15, 0.2) is 4.99 Å². The molecule has 0 unspecified atom stereocenters. The number of carboxylic acids is 1. The summed E-state index contributed by atoms with van der Waals surface area (Å²) in [5, 5.41) is 28.4. The predicted molar refractivity (Wildman–Crippen MR) is 121 cm³/mol. The molecular weight excluding hydrogens is 456 g/mol. The molecule has 2 aliphatic rings. The van der Waals surface area contributed by atoms with Crippen LogP contribution in [0.2, 0.25) is 0 Å². The molecule has 0 radical (unpaired) electrons. The first-order chi connectivity index (χ1) is 15.7. The number of rotatable bonds is 13. The Labute approximate surface area is 196 Å². The Bertz CT molecular complexity index is 711. The van der Waals surface area contributed by atoms with Crippen molar-refractivity contribution in [1.29, 1.82) is 0 Å². The molecule has 2 heterocycles. The Morgan fingerprint density at radius 1 is 1.27 bits per heavy atom. The number of carbonyl (C=O) groups excluding carboxylic acids is 2. The van der Waals surface area contributed by atoms with Crippen molar-refractivity contribution < 1.29 is 29.3 Å². The van der Waals surface area contributed by atoms with E-state index < -0.39 is 29.9 Å². The molecule has 14 nitrogen and oxygen atoms in total. The molecule has 188 valence electrons. The Kier molecular flexibility index (Phi) is 11.3. The average molecular weight is 491 g/mol. The van der Waals surface area contributed by atoms with Gasteiger partial charge in [-0.15, -0.1) is 11.8 Å². The average Bonchev–Trinajstić information content (AvgIpc) is 2.75. The normalized spacial score (nSPS) is 24.9. The van der Waals surface area contributed by atoms with Gasteiger partial charge in [0.15, 0.2) is 0 Å². The summed E-state index contributed by atoms with van der Waals surface area (Å²) in [4.78, 5) is 48.2. The van der Waals surface area contributed by atoms with Gasteiger partial charge in [-0.2, -0.15) is 0 Å². The van der Waals surface area contributed by atoms with Crippen LogP contribution in [-0.4, -0.2) is 83.9 Å². The van der Waals surface area contributed by atoms with Crippen molar-refractivity contribution >= 4 is 35.5 Å². The van der Waals surface area contributed by atoms with Gasteiger partial charge in [-0.1, -0.05) is 6.92 Å². The zero-order chi connectivity index (χ0) is 24.4. The highest BCUT2D eigenvalue weighted by Gasteiger charge is 2.31. The third kappa shape index (κ3) is 9.79. The molecule has 0 saturated carbocycles. The predicted octanol–water partition coefficient (Wildman–Crippen LogP) is -2.48. The van der Waals surface area contributed by atoms with Gasteiger partial charge in [0.1, 0.15) is 36.7 Å². The number of nitrogens with zero attached hydrogens (tertiary/aromatic N) is 1. The van der Waals surface area contributed by atoms with E-state index in [1.165, 1.54) is 11.8 Å². The van der Waals surface area contributed by atoms with Crippen molar-refractivity contribution in [3.8, 4) is 0 Å². The third-order valence-corrected chi connectivity index (χ3v) is 5.66. The van der Waals surface area contributed by atoms with E-state index in [4.69, 9.17) is 15.7 Å². The molecule has 1 amide bonds. The Hall–Kier alpha value is -2.01. The number of aliphatic imine (C=N–C) groups is 1. The number of carbonyl (C=O) groups is 3. The van der Waals surface area contributed by atoms with E-state index in [-0.39, 0.29) is 49.4 Å². The van der Waals surface area contributed by atoms with Gasteiger partial charge < -0.3 is 16.2 Å². The first kappa shape index (κ1) is 27.2. The van der Waals surface area contributed by atoms with E-state index in [1.807, 2.05) is 20.8 Å². The summed E-state index contributed by atoms with van der Waals surface area (Å²) in [6, 6.07) is -1.60. The van der Waals surface area contributed by atoms with Crippen LogP contribution in [0.1, 0.15) is 33.6 Å². The van der Waals surface area contributed by atoms with Crippen LogP contribution in [0.3, 0.4) is 0 Å². The molecular formula is C18H34N8O6S. The maximum Gasteiger partial charge on any atom is 0.376 e. The lowest BCUT2D eigenvalue weighted by Gasteiger charge is -2.40. The molecule has 1 fully saturated rings. The minimum absolute atomic E-state index is 0.0202. The molecule has 0 spiro atoms. The number of carboxylic acid groups (broad SMARTS) is 1. The molecule has 33 heavy (non-hydrogen) atoms. The highest BCUT2D eigenvalue weighted by atomic mass is 32.2. The summed E-state index contributed by atoms with van der Waals surface area (Å²) >= 11 is 1.45. The first-order valence-electron chi connectivity index (χ1n) is 10.8. The molecule has 0 aromatic carbocycles. The van der Waals surface area contributed by atoms with E-state index in [1.54, 1.807) is 0 Å². The molecule has 0 aliphatic carbocycles. The standard InChI is InChI=1S/C18H34N8O6S/c1-4-20-16-24-17(22-9(2)3)26-18(25-16)33-8-11(14-21-7-13(28)31-32-14)23-12(27)6-5-10(19)15(29)30/h9-11,16-18,20,22,24-26H,4-8,19H2,1-3H3,(H,23,27)(H,29,30)/t10-,11-,16-,17+,18+/m0/s1. The van der Waals surface area contributed by atoms with Crippen LogP contribution in [0.4, 0.5) is 0 Å². The SMILES string of the molecule is CCN[C@H]1N[C@@H](NC(C)C)N[C@H](SC[C@H](NC(=O)CC[C@H](N)C(=O)O)C2=NCC(=O)OO2)N1. The second kappa shape index (κ2) is 13.6. The van der Waals surface area contributed by atoms with Crippen LogP contribution in [-0.2, 0) is 24.2 Å². The van der Waals surface area contributed by atoms with Gasteiger partial charge in [-0.05, 0) is 26.8 Å². The zero-order valence-electron chi connectivity index (χ0n) is 18.9. The highest BCUT2D eigenvalue weighted by molar-refractivity contribution is 7.99. The second-order valence-corrected chi connectivity index (χ2v) is 8.89. The second-order valence-electron chi connectivity index (χ2n) is 7.76. The maximum atomic E-state index is 12.4. The fourth-order valence-corrected chi connectivity index (χ4v) is 4.03.